The molecule has 2 aromatic carbocycles. The molecular formula is C21H18F3N5O. The molecule has 2 N–H and O–H groups in total. The maximum absolute atomic E-state index is 13.0. The van der Waals surface area contributed by atoms with Crippen molar-refractivity contribution < 1.29 is 18.0 Å². The first-order chi connectivity index (χ1) is 14.2. The lowest BCUT2D eigenvalue weighted by molar-refractivity contribution is -0.137. The number of halogens is 3. The third-order valence-electron chi connectivity index (χ3n) is 3.90. The minimum absolute atomic E-state index is 0.0651. The van der Waals surface area contributed by atoms with Crippen molar-refractivity contribution in [2.24, 2.45) is 4.99 Å². The Hall–Kier alpha value is -3.75. The predicted molar refractivity (Wildman–Crippen MR) is 108 cm³/mol. The van der Waals surface area contributed by atoms with Crippen LogP contribution in [0.3, 0.4) is 0 Å². The first-order valence-electron chi connectivity index (χ1n) is 8.92. The van der Waals surface area contributed by atoms with Crippen LogP contribution in [0.2, 0.25) is 0 Å². The molecule has 0 spiro atoms. The van der Waals surface area contributed by atoms with Crippen LogP contribution in [0.1, 0.15) is 27.3 Å². The fourth-order valence-corrected chi connectivity index (χ4v) is 2.62. The van der Waals surface area contributed by atoms with Crippen LogP contribution < -0.4 is 10.6 Å². The third kappa shape index (κ3) is 5.63. The van der Waals surface area contributed by atoms with Crippen molar-refractivity contribution in [3.05, 3.63) is 83.2 Å². The van der Waals surface area contributed by atoms with Crippen LogP contribution in [0, 0.1) is 13.8 Å². The Morgan fingerprint density at radius 1 is 0.933 bits per heavy atom. The quantitative estimate of drug-likeness (QED) is 0.484. The van der Waals surface area contributed by atoms with Crippen LogP contribution in [0.15, 0.2) is 65.7 Å². The number of carbonyl (C=O) groups is 1. The summed E-state index contributed by atoms with van der Waals surface area (Å²) < 4.78 is 39.1. The number of amides is 1. The van der Waals surface area contributed by atoms with Crippen LogP contribution in [-0.2, 0) is 6.18 Å². The molecule has 1 aromatic heterocycles. The van der Waals surface area contributed by atoms with Crippen LogP contribution >= 0.6 is 0 Å². The highest BCUT2D eigenvalue weighted by Crippen LogP contribution is 2.30. The summed E-state index contributed by atoms with van der Waals surface area (Å²) in [7, 11) is 0. The molecule has 0 radical (unpaired) electrons. The van der Waals surface area contributed by atoms with Crippen molar-refractivity contribution in [1.82, 2.24) is 15.3 Å². The zero-order valence-electron chi connectivity index (χ0n) is 16.2. The zero-order valence-corrected chi connectivity index (χ0v) is 16.2. The van der Waals surface area contributed by atoms with E-state index >= 15 is 0 Å². The Morgan fingerprint density at radius 2 is 1.60 bits per heavy atom. The molecule has 0 unspecified atom stereocenters. The lowest BCUT2D eigenvalue weighted by atomic mass is 10.2. The van der Waals surface area contributed by atoms with Crippen LogP contribution in [0.25, 0.3) is 0 Å². The molecule has 0 aliphatic rings. The molecule has 3 aromatic rings. The molecule has 6 nitrogen and oxygen atoms in total. The average molecular weight is 413 g/mol. The van der Waals surface area contributed by atoms with E-state index in [1.165, 1.54) is 12.1 Å². The van der Waals surface area contributed by atoms with Gasteiger partial charge in [0.25, 0.3) is 11.9 Å². The van der Waals surface area contributed by atoms with Gasteiger partial charge in [0.1, 0.15) is 0 Å². The summed E-state index contributed by atoms with van der Waals surface area (Å²) in [6.45, 7) is 3.52. The van der Waals surface area contributed by atoms with Crippen LogP contribution in [0.5, 0.6) is 0 Å². The minimum atomic E-state index is -4.50. The van der Waals surface area contributed by atoms with Gasteiger partial charge in [0, 0.05) is 22.6 Å². The Morgan fingerprint density at radius 3 is 2.23 bits per heavy atom. The highest BCUT2D eigenvalue weighted by Gasteiger charge is 2.30. The number of nitrogens with zero attached hydrogens (tertiary/aromatic N) is 3. The van der Waals surface area contributed by atoms with E-state index in [0.717, 1.165) is 12.1 Å². The molecule has 0 aliphatic heterocycles. The van der Waals surface area contributed by atoms with Crippen molar-refractivity contribution in [2.75, 3.05) is 5.32 Å². The number of benzene rings is 2. The van der Waals surface area contributed by atoms with E-state index in [4.69, 9.17) is 0 Å². The summed E-state index contributed by atoms with van der Waals surface area (Å²) in [4.78, 5) is 25.1. The van der Waals surface area contributed by atoms with E-state index in [-0.39, 0.29) is 17.6 Å². The van der Waals surface area contributed by atoms with Crippen LogP contribution in [-0.4, -0.2) is 21.8 Å². The maximum Gasteiger partial charge on any atom is 0.416 e. The van der Waals surface area contributed by atoms with Crippen molar-refractivity contribution in [2.45, 2.75) is 20.0 Å². The molecule has 1 heterocycles. The summed E-state index contributed by atoms with van der Waals surface area (Å²) in [6, 6.07) is 14.7. The molecule has 0 bridgehead atoms. The third-order valence-corrected chi connectivity index (χ3v) is 3.90. The van der Waals surface area contributed by atoms with Gasteiger partial charge in [0.2, 0.25) is 5.96 Å². The van der Waals surface area contributed by atoms with E-state index in [0.29, 0.717) is 17.0 Å². The predicted octanol–water partition coefficient (Wildman–Crippen LogP) is 4.64. The molecule has 3 rings (SSSR count). The van der Waals surface area contributed by atoms with Crippen molar-refractivity contribution in [1.29, 1.82) is 0 Å². The Bertz CT molecular complexity index is 1060. The van der Waals surface area contributed by atoms with Crippen molar-refractivity contribution >= 4 is 23.5 Å². The van der Waals surface area contributed by atoms with E-state index < -0.39 is 17.6 Å². The van der Waals surface area contributed by atoms with Gasteiger partial charge in [-0.1, -0.05) is 24.3 Å². The summed E-state index contributed by atoms with van der Waals surface area (Å²) in [5, 5.41) is 5.28. The number of aromatic nitrogens is 2. The monoisotopic (exact) mass is 413 g/mol. The average Bonchev–Trinajstić information content (AvgIpc) is 2.67. The van der Waals surface area contributed by atoms with Crippen molar-refractivity contribution in [3.8, 4) is 0 Å². The first kappa shape index (κ1) is 21.0. The molecule has 30 heavy (non-hydrogen) atoms. The second kappa shape index (κ2) is 8.73. The van der Waals surface area contributed by atoms with Gasteiger partial charge in [-0.15, -0.1) is 0 Å². The van der Waals surface area contributed by atoms with Gasteiger partial charge in [-0.05, 0) is 50.2 Å². The molecular weight excluding hydrogens is 395 g/mol. The lowest BCUT2D eigenvalue weighted by Crippen LogP contribution is -2.36. The molecule has 0 saturated heterocycles. The Balaban J connectivity index is 1.95. The number of carbonyl (C=O) groups excluding carboxylic acids is 1. The van der Waals surface area contributed by atoms with E-state index in [2.05, 4.69) is 25.6 Å². The fourth-order valence-electron chi connectivity index (χ4n) is 2.62. The standard InChI is InChI=1S/C21H18F3N5O/c1-13-11-14(2)26-19(25-13)29-20(28-18(30)15-7-4-3-5-8-15)27-17-10-6-9-16(12-17)21(22,23)24/h3-12H,1-2H3,(H2,25,26,27,28,29,30). The van der Waals surface area contributed by atoms with Crippen LogP contribution in [0.4, 0.5) is 24.8 Å². The van der Waals surface area contributed by atoms with Gasteiger partial charge < -0.3 is 5.32 Å². The number of aryl methyl sites for hydroxylation is 2. The highest BCUT2D eigenvalue weighted by molar-refractivity contribution is 6.10. The van der Waals surface area contributed by atoms with Gasteiger partial charge >= 0.3 is 6.18 Å². The molecule has 9 heteroatoms. The molecule has 1 amide bonds. The highest BCUT2D eigenvalue weighted by atomic mass is 19.4. The van der Waals surface area contributed by atoms with E-state index in [9.17, 15) is 18.0 Å². The molecule has 0 aliphatic carbocycles. The van der Waals surface area contributed by atoms with E-state index in [1.807, 2.05) is 0 Å². The lowest BCUT2D eigenvalue weighted by Gasteiger charge is -2.13. The van der Waals surface area contributed by atoms with Crippen molar-refractivity contribution in [3.63, 3.8) is 0 Å². The van der Waals surface area contributed by atoms with Gasteiger partial charge in [0.15, 0.2) is 0 Å². The number of guanidine groups is 1. The summed E-state index contributed by atoms with van der Waals surface area (Å²) in [6.07, 6.45) is -4.50. The second-order valence-electron chi connectivity index (χ2n) is 6.43. The first-order valence-corrected chi connectivity index (χ1v) is 8.92. The molecule has 0 atom stereocenters. The number of anilines is 1. The number of alkyl halides is 3. The number of hydrogen-bond donors (Lipinski definition) is 2. The molecule has 0 saturated carbocycles. The fraction of sp³-hybridized carbons (Fsp3) is 0.143. The maximum atomic E-state index is 13.0. The summed E-state index contributed by atoms with van der Waals surface area (Å²) >= 11 is 0. The number of rotatable bonds is 3. The minimum Gasteiger partial charge on any atom is -0.326 e. The zero-order chi connectivity index (χ0) is 21.7. The summed E-state index contributed by atoms with van der Waals surface area (Å²) in [5.74, 6) is -0.526. The number of hydrogen-bond acceptors (Lipinski definition) is 4. The van der Waals surface area contributed by atoms with Gasteiger partial charge in [-0.2, -0.15) is 18.2 Å². The number of aliphatic imine (C=N–C) groups is 1. The second-order valence-corrected chi connectivity index (χ2v) is 6.43. The number of nitrogens with one attached hydrogen (secondary N) is 2. The molecule has 154 valence electrons. The van der Waals surface area contributed by atoms with Gasteiger partial charge in [-0.25, -0.2) is 9.97 Å². The Labute approximate surface area is 170 Å². The van der Waals surface area contributed by atoms with E-state index in [1.54, 1.807) is 50.2 Å². The Kier molecular flexibility index (Phi) is 6.10. The normalized spacial score (nSPS) is 11.8. The van der Waals surface area contributed by atoms with Gasteiger partial charge in [0.05, 0.1) is 5.56 Å². The topological polar surface area (TPSA) is 79.3 Å². The molecule has 0 fully saturated rings. The largest absolute Gasteiger partial charge is 0.416 e. The summed E-state index contributed by atoms with van der Waals surface area (Å²) in [5.41, 5.74) is 0.950. The SMILES string of the molecule is Cc1cc(C)nc(N=C(NC(=O)c2ccccc2)Nc2cccc(C(F)(F)F)c2)n1. The van der Waals surface area contributed by atoms with Gasteiger partial charge in [-0.3, -0.25) is 10.1 Å². The smallest absolute Gasteiger partial charge is 0.326 e.